The molecular weight excluding hydrogens is 210 g/mol. The highest BCUT2D eigenvalue weighted by atomic mass is 16.1. The summed E-state index contributed by atoms with van der Waals surface area (Å²) in [6.45, 7) is 4.20. The average Bonchev–Trinajstić information content (AvgIpc) is 3.13. The van der Waals surface area contributed by atoms with Crippen molar-refractivity contribution in [2.24, 2.45) is 5.92 Å². The number of anilines is 1. The summed E-state index contributed by atoms with van der Waals surface area (Å²) >= 11 is 0. The molecule has 1 saturated carbocycles. The number of rotatable bonds is 5. The number of nitrogens with two attached hydrogens (primary N) is 1. The van der Waals surface area contributed by atoms with Gasteiger partial charge in [0.2, 0.25) is 0 Å². The lowest BCUT2D eigenvalue weighted by molar-refractivity contribution is -0.125. The summed E-state index contributed by atoms with van der Waals surface area (Å²) in [6, 6.07) is 7.83. The number of ketones is 1. The van der Waals surface area contributed by atoms with E-state index in [4.69, 9.17) is 5.73 Å². The van der Waals surface area contributed by atoms with Crippen molar-refractivity contribution in [3.8, 4) is 0 Å². The van der Waals surface area contributed by atoms with E-state index in [9.17, 15) is 4.79 Å². The Morgan fingerprint density at radius 2 is 1.76 bits per heavy atom. The monoisotopic (exact) mass is 231 g/mol. The van der Waals surface area contributed by atoms with Crippen molar-refractivity contribution in [3.05, 3.63) is 29.8 Å². The first-order valence-electron chi connectivity index (χ1n) is 6.54. The Hall–Kier alpha value is -1.31. The molecule has 0 unspecified atom stereocenters. The summed E-state index contributed by atoms with van der Waals surface area (Å²) in [5, 5.41) is 0. The molecule has 2 nitrogen and oxygen atoms in total. The lowest BCUT2D eigenvalue weighted by Crippen LogP contribution is -2.27. The van der Waals surface area contributed by atoms with Gasteiger partial charge in [0.25, 0.3) is 0 Å². The maximum Gasteiger partial charge on any atom is 0.146 e. The maximum absolute atomic E-state index is 12.5. The van der Waals surface area contributed by atoms with E-state index in [0.717, 1.165) is 36.9 Å². The van der Waals surface area contributed by atoms with Crippen LogP contribution in [0.1, 0.15) is 45.1 Å². The van der Waals surface area contributed by atoms with E-state index >= 15 is 0 Å². The Bertz CT molecular complexity index is 399. The molecule has 0 radical (unpaired) electrons. The number of carbonyl (C=O) groups excluding carboxylic acids is 1. The predicted molar refractivity (Wildman–Crippen MR) is 70.8 cm³/mol. The van der Waals surface area contributed by atoms with Crippen LogP contribution in [0.15, 0.2) is 24.3 Å². The number of benzene rings is 1. The molecule has 1 aromatic rings. The Labute approximate surface area is 103 Å². The van der Waals surface area contributed by atoms with Crippen LogP contribution >= 0.6 is 0 Å². The third-order valence-corrected chi connectivity index (χ3v) is 4.04. The van der Waals surface area contributed by atoms with Crippen molar-refractivity contribution in [1.82, 2.24) is 0 Å². The molecule has 0 amide bonds. The molecular formula is C15H21NO. The molecule has 0 aliphatic heterocycles. The predicted octanol–water partition coefficient (Wildman–Crippen LogP) is 3.31. The zero-order valence-corrected chi connectivity index (χ0v) is 10.7. The van der Waals surface area contributed by atoms with Gasteiger partial charge < -0.3 is 5.73 Å². The van der Waals surface area contributed by atoms with Gasteiger partial charge in [0.15, 0.2) is 0 Å². The van der Waals surface area contributed by atoms with E-state index in [1.165, 1.54) is 0 Å². The van der Waals surface area contributed by atoms with E-state index in [1.807, 2.05) is 24.3 Å². The minimum Gasteiger partial charge on any atom is -0.399 e. The van der Waals surface area contributed by atoms with Crippen LogP contribution in [-0.4, -0.2) is 5.78 Å². The van der Waals surface area contributed by atoms with E-state index in [1.54, 1.807) is 0 Å². The molecule has 0 heterocycles. The Morgan fingerprint density at radius 3 is 2.18 bits per heavy atom. The molecule has 0 bridgehead atoms. The Balaban J connectivity index is 2.25. The van der Waals surface area contributed by atoms with E-state index in [0.29, 0.717) is 5.78 Å². The summed E-state index contributed by atoms with van der Waals surface area (Å²) in [4.78, 5) is 12.5. The lowest BCUT2D eigenvalue weighted by atomic mass is 9.82. The van der Waals surface area contributed by atoms with Gasteiger partial charge in [0, 0.05) is 11.6 Å². The maximum atomic E-state index is 12.5. The van der Waals surface area contributed by atoms with Crippen LogP contribution in [0.2, 0.25) is 0 Å². The molecule has 17 heavy (non-hydrogen) atoms. The summed E-state index contributed by atoms with van der Waals surface area (Å²) in [6.07, 6.45) is 3.91. The Morgan fingerprint density at radius 1 is 1.24 bits per heavy atom. The molecule has 0 saturated heterocycles. The minimum absolute atomic E-state index is 0.176. The van der Waals surface area contributed by atoms with Crippen LogP contribution in [-0.2, 0) is 10.2 Å². The molecule has 0 atom stereocenters. The van der Waals surface area contributed by atoms with Gasteiger partial charge in [-0.15, -0.1) is 0 Å². The van der Waals surface area contributed by atoms with Gasteiger partial charge in [-0.25, -0.2) is 0 Å². The number of carbonyl (C=O) groups is 1. The van der Waals surface area contributed by atoms with E-state index in [-0.39, 0.29) is 11.3 Å². The zero-order valence-electron chi connectivity index (χ0n) is 10.7. The van der Waals surface area contributed by atoms with Gasteiger partial charge in [0.1, 0.15) is 5.78 Å². The number of hydrogen-bond acceptors (Lipinski definition) is 2. The summed E-state index contributed by atoms with van der Waals surface area (Å²) in [7, 11) is 0. The van der Waals surface area contributed by atoms with Crippen molar-refractivity contribution in [1.29, 1.82) is 0 Å². The smallest absolute Gasteiger partial charge is 0.146 e. The fourth-order valence-electron chi connectivity index (χ4n) is 2.65. The van der Waals surface area contributed by atoms with E-state index < -0.39 is 0 Å². The SMILES string of the molecule is CCC(CC)C(=O)C1(c2ccc(N)cc2)CC1. The standard InChI is InChI=1S/C15H21NO/c1-3-11(4-2)14(17)15(9-10-15)12-5-7-13(16)8-6-12/h5-8,11H,3-4,9-10,16H2,1-2H3. The lowest BCUT2D eigenvalue weighted by Gasteiger charge is -2.20. The first kappa shape index (κ1) is 12.2. The van der Waals surface area contributed by atoms with Gasteiger partial charge in [-0.05, 0) is 43.4 Å². The molecule has 0 aromatic heterocycles. The second-order valence-electron chi connectivity index (χ2n) is 5.08. The van der Waals surface area contributed by atoms with Crippen LogP contribution < -0.4 is 5.73 Å². The molecule has 92 valence electrons. The number of nitrogen functional groups attached to an aromatic ring is 1. The van der Waals surface area contributed by atoms with Crippen LogP contribution in [0, 0.1) is 5.92 Å². The highest BCUT2D eigenvalue weighted by Crippen LogP contribution is 2.51. The topological polar surface area (TPSA) is 43.1 Å². The van der Waals surface area contributed by atoms with Crippen LogP contribution in [0.4, 0.5) is 5.69 Å². The number of Topliss-reactive ketones (excluding diaryl/α,β-unsaturated/α-hetero) is 1. The third kappa shape index (κ3) is 2.08. The largest absolute Gasteiger partial charge is 0.399 e. The Kier molecular flexibility index (Phi) is 3.23. The van der Waals surface area contributed by atoms with Crippen LogP contribution in [0.5, 0.6) is 0 Å². The molecule has 2 heteroatoms. The molecule has 1 aliphatic carbocycles. The van der Waals surface area contributed by atoms with Crippen molar-refractivity contribution < 1.29 is 4.79 Å². The fourth-order valence-corrected chi connectivity index (χ4v) is 2.65. The molecule has 0 spiro atoms. The highest BCUT2D eigenvalue weighted by Gasteiger charge is 2.52. The van der Waals surface area contributed by atoms with Crippen molar-refractivity contribution in [2.45, 2.75) is 44.9 Å². The van der Waals surface area contributed by atoms with E-state index in [2.05, 4.69) is 13.8 Å². The van der Waals surface area contributed by atoms with Crippen LogP contribution in [0.3, 0.4) is 0 Å². The van der Waals surface area contributed by atoms with Gasteiger partial charge in [-0.3, -0.25) is 4.79 Å². The highest BCUT2D eigenvalue weighted by molar-refractivity contribution is 5.94. The molecule has 1 fully saturated rings. The first-order valence-corrected chi connectivity index (χ1v) is 6.54. The summed E-state index contributed by atoms with van der Waals surface area (Å²) < 4.78 is 0. The van der Waals surface area contributed by atoms with Gasteiger partial charge in [-0.2, -0.15) is 0 Å². The molecule has 2 rings (SSSR count). The fraction of sp³-hybridized carbons (Fsp3) is 0.533. The van der Waals surface area contributed by atoms with Crippen molar-refractivity contribution in [3.63, 3.8) is 0 Å². The van der Waals surface area contributed by atoms with Gasteiger partial charge in [-0.1, -0.05) is 26.0 Å². The summed E-state index contributed by atoms with van der Waals surface area (Å²) in [5.74, 6) is 0.655. The van der Waals surface area contributed by atoms with Crippen LogP contribution in [0.25, 0.3) is 0 Å². The normalized spacial score (nSPS) is 17.1. The molecule has 1 aromatic carbocycles. The molecule has 2 N–H and O–H groups in total. The zero-order chi connectivity index (χ0) is 12.5. The van der Waals surface area contributed by atoms with Gasteiger partial charge in [0.05, 0.1) is 5.41 Å². The van der Waals surface area contributed by atoms with Gasteiger partial charge >= 0.3 is 0 Å². The average molecular weight is 231 g/mol. The van der Waals surface area contributed by atoms with Crippen molar-refractivity contribution >= 4 is 11.5 Å². The summed E-state index contributed by atoms with van der Waals surface area (Å²) in [5.41, 5.74) is 7.44. The second-order valence-corrected chi connectivity index (χ2v) is 5.08. The third-order valence-electron chi connectivity index (χ3n) is 4.04. The quantitative estimate of drug-likeness (QED) is 0.790. The minimum atomic E-state index is -0.176. The number of hydrogen-bond donors (Lipinski definition) is 1. The second kappa shape index (κ2) is 4.52. The molecule has 1 aliphatic rings. The first-order chi connectivity index (χ1) is 8.14. The van der Waals surface area contributed by atoms with Crippen molar-refractivity contribution in [2.75, 3.05) is 5.73 Å².